The van der Waals surface area contributed by atoms with Crippen LogP contribution in [0, 0.1) is 6.92 Å². The van der Waals surface area contributed by atoms with E-state index in [1.807, 2.05) is 6.92 Å². The Bertz CT molecular complexity index is 509. The van der Waals surface area contributed by atoms with E-state index in [1.165, 1.54) is 12.1 Å². The van der Waals surface area contributed by atoms with Crippen molar-refractivity contribution in [3.63, 3.8) is 0 Å². The van der Waals surface area contributed by atoms with Crippen LogP contribution in [-0.4, -0.2) is 32.0 Å². The normalized spacial score (nSPS) is 14.9. The number of hydrogen-bond acceptors (Lipinski definition) is 5. The molecule has 1 aliphatic heterocycles. The molecule has 7 heteroatoms. The van der Waals surface area contributed by atoms with Crippen molar-refractivity contribution in [2.45, 2.75) is 18.2 Å². The molecule has 1 aromatic carbocycles. The molecule has 100 valence electrons. The van der Waals surface area contributed by atoms with E-state index < -0.39 is 10.1 Å². The van der Waals surface area contributed by atoms with Gasteiger partial charge >= 0.3 is 0 Å². The van der Waals surface area contributed by atoms with Gasteiger partial charge in [0.15, 0.2) is 5.96 Å². The predicted molar refractivity (Wildman–Crippen MR) is 70.1 cm³/mol. The van der Waals surface area contributed by atoms with Gasteiger partial charge in [0.2, 0.25) is 0 Å². The summed E-state index contributed by atoms with van der Waals surface area (Å²) in [4.78, 5) is 3.85. The first-order valence-corrected chi connectivity index (χ1v) is 6.91. The lowest BCUT2D eigenvalue weighted by Crippen LogP contribution is -2.35. The molecule has 0 radical (unpaired) electrons. The maximum Gasteiger partial charge on any atom is 0.294 e. The second-order valence-electron chi connectivity index (χ2n) is 3.84. The minimum Gasteiger partial charge on any atom is -0.370 e. The van der Waals surface area contributed by atoms with Crippen molar-refractivity contribution in [3.8, 4) is 0 Å². The maximum atomic E-state index is 10.5. The van der Waals surface area contributed by atoms with Gasteiger partial charge in [-0.3, -0.25) is 9.55 Å². The van der Waals surface area contributed by atoms with Gasteiger partial charge in [-0.1, -0.05) is 17.7 Å². The first kappa shape index (κ1) is 14.5. The molecule has 0 bridgehead atoms. The number of nitrogens with zero attached hydrogens (tertiary/aromatic N) is 1. The van der Waals surface area contributed by atoms with Gasteiger partial charge in [0, 0.05) is 13.1 Å². The Balaban J connectivity index is 0.000000199. The molecular weight excluding hydrogens is 254 g/mol. The fraction of sp³-hybridized carbons (Fsp3) is 0.364. The van der Waals surface area contributed by atoms with E-state index in [2.05, 4.69) is 10.3 Å². The van der Waals surface area contributed by atoms with E-state index in [-0.39, 0.29) is 4.90 Å². The van der Waals surface area contributed by atoms with Crippen molar-refractivity contribution in [2.24, 2.45) is 10.7 Å². The molecule has 0 saturated heterocycles. The summed E-state index contributed by atoms with van der Waals surface area (Å²) >= 11 is 0. The standard InChI is InChI=1S/C7H8O3S.C4H9N3/c1-6-2-4-7(5-3-6)11(8,9)10;5-4-6-2-1-3-7-4/h2-5H,1H3,(H,8,9,10);1-3H2,(H3,5,6,7). The number of aliphatic imine (C=N–C) groups is 1. The van der Waals surface area contributed by atoms with Crippen LogP contribution in [0.25, 0.3) is 0 Å². The number of aryl methyl sites for hydroxylation is 1. The summed E-state index contributed by atoms with van der Waals surface area (Å²) in [5.74, 6) is 0.589. The van der Waals surface area contributed by atoms with Crippen molar-refractivity contribution in [1.29, 1.82) is 0 Å². The molecule has 1 heterocycles. The third kappa shape index (κ3) is 5.15. The lowest BCUT2D eigenvalue weighted by Gasteiger charge is -2.08. The van der Waals surface area contributed by atoms with Gasteiger partial charge in [0.05, 0.1) is 4.90 Å². The van der Waals surface area contributed by atoms with E-state index in [1.54, 1.807) is 12.1 Å². The first-order chi connectivity index (χ1) is 8.39. The molecule has 1 aliphatic rings. The van der Waals surface area contributed by atoms with Crippen LogP contribution in [0.5, 0.6) is 0 Å². The van der Waals surface area contributed by atoms with E-state index in [0.29, 0.717) is 5.96 Å². The first-order valence-electron chi connectivity index (χ1n) is 5.47. The molecule has 6 nitrogen and oxygen atoms in total. The summed E-state index contributed by atoms with van der Waals surface area (Å²) < 4.78 is 29.6. The third-order valence-corrected chi connectivity index (χ3v) is 3.11. The topological polar surface area (TPSA) is 105 Å². The fourth-order valence-corrected chi connectivity index (χ4v) is 1.74. The quantitative estimate of drug-likeness (QED) is 0.646. The average Bonchev–Trinajstić information content (AvgIpc) is 2.30. The predicted octanol–water partition coefficient (Wildman–Crippen LogP) is 0.536. The molecule has 0 saturated carbocycles. The molecule has 1 aromatic rings. The van der Waals surface area contributed by atoms with E-state index >= 15 is 0 Å². The largest absolute Gasteiger partial charge is 0.370 e. The van der Waals surface area contributed by atoms with Crippen molar-refractivity contribution >= 4 is 16.1 Å². The Kier molecular flexibility index (Phi) is 5.11. The SMILES string of the molecule is Cc1ccc(S(=O)(=O)O)cc1.NC1=NCCCN1. The summed E-state index contributed by atoms with van der Waals surface area (Å²) in [6.45, 7) is 3.71. The highest BCUT2D eigenvalue weighted by Gasteiger charge is 2.06. The highest BCUT2D eigenvalue weighted by atomic mass is 32.2. The number of rotatable bonds is 1. The molecular formula is C11H17N3O3S. The summed E-state index contributed by atoms with van der Waals surface area (Å²) in [6.07, 6.45) is 1.11. The number of hydrogen-bond donors (Lipinski definition) is 3. The zero-order chi connectivity index (χ0) is 13.6. The summed E-state index contributed by atoms with van der Waals surface area (Å²) in [6, 6.07) is 5.99. The van der Waals surface area contributed by atoms with Crippen molar-refractivity contribution in [2.75, 3.05) is 13.1 Å². The van der Waals surface area contributed by atoms with E-state index in [9.17, 15) is 8.42 Å². The van der Waals surface area contributed by atoms with Gasteiger partial charge in [-0.25, -0.2) is 0 Å². The molecule has 0 fully saturated rings. The number of benzene rings is 1. The summed E-state index contributed by atoms with van der Waals surface area (Å²) in [5.41, 5.74) is 6.23. The van der Waals surface area contributed by atoms with Crippen molar-refractivity contribution in [1.82, 2.24) is 5.32 Å². The number of nitrogens with two attached hydrogens (primary N) is 1. The molecule has 2 rings (SSSR count). The van der Waals surface area contributed by atoms with Gasteiger partial charge in [0.1, 0.15) is 0 Å². The average molecular weight is 271 g/mol. The van der Waals surface area contributed by atoms with E-state index in [0.717, 1.165) is 25.1 Å². The molecule has 0 aliphatic carbocycles. The third-order valence-electron chi connectivity index (χ3n) is 2.24. The van der Waals surface area contributed by atoms with Gasteiger partial charge in [-0.2, -0.15) is 8.42 Å². The lowest BCUT2D eigenvalue weighted by molar-refractivity contribution is 0.483. The van der Waals surface area contributed by atoms with Crippen LogP contribution in [0.3, 0.4) is 0 Å². The monoisotopic (exact) mass is 271 g/mol. The number of guanidine groups is 1. The summed E-state index contributed by atoms with van der Waals surface area (Å²) in [7, 11) is -4.02. The maximum absolute atomic E-state index is 10.5. The highest BCUT2D eigenvalue weighted by molar-refractivity contribution is 7.85. The molecule has 0 spiro atoms. The Morgan fingerprint density at radius 3 is 2.28 bits per heavy atom. The molecule has 4 N–H and O–H groups in total. The second kappa shape index (κ2) is 6.36. The van der Waals surface area contributed by atoms with Gasteiger partial charge in [-0.15, -0.1) is 0 Å². The van der Waals surface area contributed by atoms with Crippen LogP contribution in [0.1, 0.15) is 12.0 Å². The minimum atomic E-state index is -4.02. The smallest absolute Gasteiger partial charge is 0.294 e. The van der Waals surface area contributed by atoms with Gasteiger partial charge < -0.3 is 11.1 Å². The van der Waals surface area contributed by atoms with Crippen molar-refractivity contribution < 1.29 is 13.0 Å². The van der Waals surface area contributed by atoms with Crippen LogP contribution in [0.2, 0.25) is 0 Å². The molecule has 0 amide bonds. The Morgan fingerprint density at radius 1 is 1.33 bits per heavy atom. The second-order valence-corrected chi connectivity index (χ2v) is 5.26. The molecule has 18 heavy (non-hydrogen) atoms. The molecule has 0 aromatic heterocycles. The number of nitrogens with one attached hydrogen (secondary N) is 1. The molecule has 0 unspecified atom stereocenters. The van der Waals surface area contributed by atoms with Gasteiger partial charge in [-0.05, 0) is 25.5 Å². The fourth-order valence-electron chi connectivity index (χ4n) is 1.26. The van der Waals surface area contributed by atoms with Crippen molar-refractivity contribution in [3.05, 3.63) is 29.8 Å². The van der Waals surface area contributed by atoms with Crippen LogP contribution in [-0.2, 0) is 10.1 Å². The van der Waals surface area contributed by atoms with Crippen LogP contribution >= 0.6 is 0 Å². The van der Waals surface area contributed by atoms with E-state index in [4.69, 9.17) is 10.3 Å². The van der Waals surface area contributed by atoms with Crippen LogP contribution < -0.4 is 11.1 Å². The molecule has 0 atom stereocenters. The van der Waals surface area contributed by atoms with Gasteiger partial charge in [0.25, 0.3) is 10.1 Å². The lowest BCUT2D eigenvalue weighted by atomic mass is 10.2. The van der Waals surface area contributed by atoms with Crippen LogP contribution in [0.4, 0.5) is 0 Å². The Morgan fingerprint density at radius 2 is 1.94 bits per heavy atom. The highest BCUT2D eigenvalue weighted by Crippen LogP contribution is 2.08. The Labute approximate surface area is 107 Å². The Hall–Kier alpha value is -1.60. The zero-order valence-corrected chi connectivity index (χ0v) is 10.9. The minimum absolute atomic E-state index is 0.0666. The zero-order valence-electron chi connectivity index (χ0n) is 10.1. The van der Waals surface area contributed by atoms with Crippen LogP contribution in [0.15, 0.2) is 34.2 Å². The summed E-state index contributed by atoms with van der Waals surface area (Å²) in [5, 5.41) is 2.91.